The van der Waals surface area contributed by atoms with Crippen LogP contribution in [0.3, 0.4) is 0 Å². The molecule has 1 rings (SSSR count). The maximum absolute atomic E-state index is 12.1. The van der Waals surface area contributed by atoms with Gasteiger partial charge >= 0.3 is 12.1 Å². The SMILES string of the molecule is CC(C)[C@@H](NC(=O)c1ccccc1)C(=O)OCC(=O)NCC(F)(F)F. The summed E-state index contributed by atoms with van der Waals surface area (Å²) in [5, 5.41) is 4.07. The van der Waals surface area contributed by atoms with E-state index in [2.05, 4.69) is 5.32 Å². The third kappa shape index (κ3) is 7.69. The Morgan fingerprint density at radius 1 is 1.12 bits per heavy atom. The highest BCUT2D eigenvalue weighted by Crippen LogP contribution is 2.12. The topological polar surface area (TPSA) is 84.5 Å². The van der Waals surface area contributed by atoms with Crippen molar-refractivity contribution in [3.05, 3.63) is 35.9 Å². The molecule has 2 amide bonds. The van der Waals surface area contributed by atoms with E-state index in [-0.39, 0.29) is 5.92 Å². The van der Waals surface area contributed by atoms with Gasteiger partial charge in [0.05, 0.1) is 0 Å². The van der Waals surface area contributed by atoms with Gasteiger partial charge < -0.3 is 15.4 Å². The molecule has 2 N–H and O–H groups in total. The molecule has 25 heavy (non-hydrogen) atoms. The molecule has 0 fully saturated rings. The van der Waals surface area contributed by atoms with Crippen molar-refractivity contribution in [1.82, 2.24) is 10.6 Å². The molecule has 0 aliphatic rings. The van der Waals surface area contributed by atoms with E-state index in [0.717, 1.165) is 0 Å². The highest BCUT2D eigenvalue weighted by atomic mass is 19.4. The maximum atomic E-state index is 12.1. The van der Waals surface area contributed by atoms with E-state index in [1.165, 1.54) is 0 Å². The second-order valence-electron chi connectivity index (χ2n) is 5.56. The zero-order valence-electron chi connectivity index (χ0n) is 13.7. The van der Waals surface area contributed by atoms with E-state index < -0.39 is 43.2 Å². The third-order valence-corrected chi connectivity index (χ3v) is 3.07. The lowest BCUT2D eigenvalue weighted by atomic mass is 10.0. The second-order valence-corrected chi connectivity index (χ2v) is 5.56. The fourth-order valence-corrected chi connectivity index (χ4v) is 1.79. The van der Waals surface area contributed by atoms with Gasteiger partial charge in [-0.05, 0) is 18.1 Å². The number of alkyl halides is 3. The van der Waals surface area contributed by atoms with Gasteiger partial charge in [-0.15, -0.1) is 0 Å². The smallest absolute Gasteiger partial charge is 0.405 e. The number of nitrogens with one attached hydrogen (secondary N) is 2. The van der Waals surface area contributed by atoms with Crippen LogP contribution in [0, 0.1) is 5.92 Å². The molecular weight excluding hydrogens is 341 g/mol. The van der Waals surface area contributed by atoms with Crippen molar-refractivity contribution in [3.8, 4) is 0 Å². The monoisotopic (exact) mass is 360 g/mol. The molecule has 9 heteroatoms. The largest absolute Gasteiger partial charge is 0.454 e. The zero-order valence-corrected chi connectivity index (χ0v) is 13.7. The molecule has 0 saturated carbocycles. The van der Waals surface area contributed by atoms with E-state index in [0.29, 0.717) is 5.56 Å². The molecule has 0 radical (unpaired) electrons. The second kappa shape index (κ2) is 9.05. The number of halogens is 3. The fourth-order valence-electron chi connectivity index (χ4n) is 1.79. The summed E-state index contributed by atoms with van der Waals surface area (Å²) >= 11 is 0. The predicted octanol–water partition coefficient (Wildman–Crippen LogP) is 1.66. The lowest BCUT2D eigenvalue weighted by Gasteiger charge is -2.20. The molecule has 1 aromatic carbocycles. The van der Waals surface area contributed by atoms with Gasteiger partial charge in [0.15, 0.2) is 6.61 Å². The molecule has 0 bridgehead atoms. The van der Waals surface area contributed by atoms with Crippen molar-refractivity contribution in [3.63, 3.8) is 0 Å². The van der Waals surface area contributed by atoms with Gasteiger partial charge in [0.1, 0.15) is 12.6 Å². The normalized spacial score (nSPS) is 12.4. The van der Waals surface area contributed by atoms with Gasteiger partial charge in [-0.25, -0.2) is 4.79 Å². The molecular formula is C16H19F3N2O4. The molecule has 0 saturated heterocycles. The Balaban J connectivity index is 2.56. The molecule has 138 valence electrons. The van der Waals surface area contributed by atoms with Gasteiger partial charge in [-0.1, -0.05) is 32.0 Å². The van der Waals surface area contributed by atoms with E-state index in [4.69, 9.17) is 4.74 Å². The predicted molar refractivity (Wildman–Crippen MR) is 82.6 cm³/mol. The van der Waals surface area contributed by atoms with E-state index >= 15 is 0 Å². The van der Waals surface area contributed by atoms with Crippen LogP contribution in [0.1, 0.15) is 24.2 Å². The number of hydrogen-bond acceptors (Lipinski definition) is 4. The average Bonchev–Trinajstić information content (AvgIpc) is 2.55. The summed E-state index contributed by atoms with van der Waals surface area (Å²) in [5.74, 6) is -2.83. The Morgan fingerprint density at radius 2 is 1.72 bits per heavy atom. The number of hydrogen-bond donors (Lipinski definition) is 2. The minimum atomic E-state index is -4.55. The number of ether oxygens (including phenoxy) is 1. The summed E-state index contributed by atoms with van der Waals surface area (Å²) in [4.78, 5) is 35.4. The van der Waals surface area contributed by atoms with E-state index in [1.54, 1.807) is 49.5 Å². The van der Waals surface area contributed by atoms with Crippen LogP contribution in [-0.2, 0) is 14.3 Å². The number of amides is 2. The fraction of sp³-hybridized carbons (Fsp3) is 0.438. The Labute approximate surface area is 142 Å². The third-order valence-electron chi connectivity index (χ3n) is 3.07. The Hall–Kier alpha value is -2.58. The van der Waals surface area contributed by atoms with Gasteiger partial charge in [0, 0.05) is 5.56 Å². The minimum absolute atomic E-state index is 0.337. The molecule has 6 nitrogen and oxygen atoms in total. The van der Waals surface area contributed by atoms with Crippen LogP contribution in [-0.4, -0.2) is 43.2 Å². The van der Waals surface area contributed by atoms with Crippen LogP contribution >= 0.6 is 0 Å². The summed E-state index contributed by atoms with van der Waals surface area (Å²) in [6.07, 6.45) is -4.55. The number of benzene rings is 1. The zero-order chi connectivity index (χ0) is 19.0. The van der Waals surface area contributed by atoms with Crippen LogP contribution in [0.25, 0.3) is 0 Å². The lowest BCUT2D eigenvalue weighted by molar-refractivity contribution is -0.153. The first-order valence-electron chi connectivity index (χ1n) is 7.46. The van der Waals surface area contributed by atoms with Crippen molar-refractivity contribution >= 4 is 17.8 Å². The first-order valence-corrected chi connectivity index (χ1v) is 7.46. The molecule has 0 heterocycles. The molecule has 0 aromatic heterocycles. The Morgan fingerprint density at radius 3 is 2.24 bits per heavy atom. The quantitative estimate of drug-likeness (QED) is 0.725. The van der Waals surface area contributed by atoms with Gasteiger partial charge in [-0.3, -0.25) is 9.59 Å². The lowest BCUT2D eigenvalue weighted by Crippen LogP contribution is -2.46. The Kier molecular flexibility index (Phi) is 7.41. The van der Waals surface area contributed by atoms with Crippen molar-refractivity contribution in [2.24, 2.45) is 5.92 Å². The molecule has 0 spiro atoms. The van der Waals surface area contributed by atoms with Crippen LogP contribution in [0.5, 0.6) is 0 Å². The summed E-state index contributed by atoms with van der Waals surface area (Å²) < 4.78 is 40.6. The first-order chi connectivity index (χ1) is 11.6. The highest BCUT2D eigenvalue weighted by molar-refractivity contribution is 5.97. The van der Waals surface area contributed by atoms with Crippen molar-refractivity contribution in [2.75, 3.05) is 13.2 Å². The molecule has 1 aromatic rings. The summed E-state index contributed by atoms with van der Waals surface area (Å²) in [6, 6.07) is 7.12. The van der Waals surface area contributed by atoms with Crippen LogP contribution in [0.15, 0.2) is 30.3 Å². The number of carbonyl (C=O) groups is 3. The molecule has 0 aliphatic heterocycles. The van der Waals surface area contributed by atoms with Crippen LogP contribution < -0.4 is 10.6 Å². The van der Waals surface area contributed by atoms with Gasteiger partial charge in [-0.2, -0.15) is 13.2 Å². The average molecular weight is 360 g/mol. The van der Waals surface area contributed by atoms with Gasteiger partial charge in [0.2, 0.25) is 0 Å². The van der Waals surface area contributed by atoms with Crippen LogP contribution in [0.2, 0.25) is 0 Å². The van der Waals surface area contributed by atoms with Gasteiger partial charge in [0.25, 0.3) is 11.8 Å². The molecule has 0 unspecified atom stereocenters. The maximum Gasteiger partial charge on any atom is 0.405 e. The number of rotatable bonds is 7. The van der Waals surface area contributed by atoms with E-state index in [9.17, 15) is 27.6 Å². The molecule has 0 aliphatic carbocycles. The highest BCUT2D eigenvalue weighted by Gasteiger charge is 2.29. The standard InChI is InChI=1S/C16H19F3N2O4/c1-10(2)13(21-14(23)11-6-4-3-5-7-11)15(24)25-8-12(22)20-9-16(17,18)19/h3-7,10,13H,8-9H2,1-2H3,(H,20,22)(H,21,23)/t13-/m1/s1. The van der Waals surface area contributed by atoms with Crippen molar-refractivity contribution in [2.45, 2.75) is 26.1 Å². The number of carbonyl (C=O) groups excluding carboxylic acids is 3. The summed E-state index contributed by atoms with van der Waals surface area (Å²) in [5.41, 5.74) is 0.337. The van der Waals surface area contributed by atoms with Crippen LogP contribution in [0.4, 0.5) is 13.2 Å². The van der Waals surface area contributed by atoms with Crippen molar-refractivity contribution in [1.29, 1.82) is 0 Å². The first kappa shape index (κ1) is 20.5. The van der Waals surface area contributed by atoms with Crippen molar-refractivity contribution < 1.29 is 32.3 Å². The Bertz CT molecular complexity index is 603. The summed E-state index contributed by atoms with van der Waals surface area (Å²) in [7, 11) is 0. The minimum Gasteiger partial charge on any atom is -0.454 e. The number of esters is 1. The molecule has 1 atom stereocenters. The summed E-state index contributed by atoms with van der Waals surface area (Å²) in [6.45, 7) is 0.933. The van der Waals surface area contributed by atoms with E-state index in [1.807, 2.05) is 0 Å².